The van der Waals surface area contributed by atoms with E-state index < -0.39 is 5.91 Å². The number of aliphatic hydroxyl groups excluding tert-OH is 1. The fraction of sp³-hybridized carbons (Fsp3) is 0.381. The summed E-state index contributed by atoms with van der Waals surface area (Å²) in [5, 5.41) is 35.9. The highest BCUT2D eigenvalue weighted by Crippen LogP contribution is 2.33. The minimum atomic E-state index is -0.511. The number of anilines is 2. The van der Waals surface area contributed by atoms with Crippen molar-refractivity contribution < 1.29 is 15.1 Å². The molecule has 158 valence electrons. The van der Waals surface area contributed by atoms with Gasteiger partial charge in [-0.05, 0) is 49.9 Å². The molecule has 2 heterocycles. The van der Waals surface area contributed by atoms with Crippen LogP contribution in [-0.4, -0.2) is 50.9 Å². The van der Waals surface area contributed by atoms with Gasteiger partial charge in [-0.25, -0.2) is 0 Å². The van der Waals surface area contributed by atoms with Crippen molar-refractivity contribution in [1.29, 1.82) is 5.41 Å². The normalized spacial score (nSPS) is 19.0. The number of carbonyl (C=O) groups excluding carboxylic acids is 1. The highest BCUT2D eigenvalue weighted by molar-refractivity contribution is 6.06. The van der Waals surface area contributed by atoms with E-state index in [1.54, 1.807) is 6.07 Å². The van der Waals surface area contributed by atoms with Crippen molar-refractivity contribution in [3.05, 3.63) is 47.7 Å². The van der Waals surface area contributed by atoms with Gasteiger partial charge in [0, 0.05) is 25.7 Å². The van der Waals surface area contributed by atoms with Gasteiger partial charge in [-0.1, -0.05) is 6.07 Å². The van der Waals surface area contributed by atoms with Crippen molar-refractivity contribution in [2.75, 3.05) is 24.3 Å². The van der Waals surface area contributed by atoms with E-state index in [4.69, 9.17) is 10.5 Å². The van der Waals surface area contributed by atoms with Gasteiger partial charge in [0.25, 0.3) is 5.91 Å². The number of hydrogen-bond donors (Lipinski definition) is 4. The Labute approximate surface area is 173 Å². The first-order valence-electron chi connectivity index (χ1n) is 9.99. The van der Waals surface area contributed by atoms with E-state index in [9.17, 15) is 15.1 Å². The van der Waals surface area contributed by atoms with E-state index in [1.165, 1.54) is 12.1 Å². The van der Waals surface area contributed by atoms with Crippen LogP contribution in [-0.2, 0) is 0 Å². The van der Waals surface area contributed by atoms with Crippen LogP contribution in [0.15, 0.2) is 36.5 Å². The summed E-state index contributed by atoms with van der Waals surface area (Å²) in [6, 6.07) is 8.45. The smallest absolute Gasteiger partial charge is 0.275 e. The third-order valence-electron chi connectivity index (χ3n) is 5.61. The molecular formula is C21H26N6O3. The van der Waals surface area contributed by atoms with E-state index in [1.807, 2.05) is 42.0 Å². The molecule has 0 bridgehead atoms. The summed E-state index contributed by atoms with van der Waals surface area (Å²) in [6.45, 7) is 0. The molecule has 1 saturated carbocycles. The average molecular weight is 410 g/mol. The van der Waals surface area contributed by atoms with E-state index in [0.29, 0.717) is 10.4 Å². The first-order valence-corrected chi connectivity index (χ1v) is 9.99. The molecule has 0 saturated heterocycles. The monoisotopic (exact) mass is 410 g/mol. The lowest BCUT2D eigenvalue weighted by molar-refractivity contribution is 0.0957. The maximum Gasteiger partial charge on any atom is 0.275 e. The van der Waals surface area contributed by atoms with Crippen LogP contribution in [0.4, 0.5) is 11.4 Å². The second kappa shape index (κ2) is 7.83. The number of nitrogens with zero attached hydrogens (tertiary/aromatic N) is 4. The zero-order valence-corrected chi connectivity index (χ0v) is 17.0. The quantitative estimate of drug-likeness (QED) is 0.492. The van der Waals surface area contributed by atoms with E-state index in [0.717, 1.165) is 42.3 Å². The molecular weight excluding hydrogens is 384 g/mol. The maximum atomic E-state index is 12.7. The number of fused-ring (bicyclic) bond motifs is 1. The van der Waals surface area contributed by atoms with Gasteiger partial charge in [0.15, 0.2) is 5.49 Å². The topological polar surface area (TPSA) is 119 Å². The zero-order valence-electron chi connectivity index (χ0n) is 17.0. The van der Waals surface area contributed by atoms with Crippen molar-refractivity contribution in [3.8, 4) is 0 Å². The van der Waals surface area contributed by atoms with Gasteiger partial charge in [0.2, 0.25) is 0 Å². The van der Waals surface area contributed by atoms with Crippen molar-refractivity contribution in [1.82, 2.24) is 14.5 Å². The summed E-state index contributed by atoms with van der Waals surface area (Å²) in [6.07, 6.45) is 5.09. The molecule has 1 fully saturated rings. The van der Waals surface area contributed by atoms with Gasteiger partial charge in [-0.2, -0.15) is 9.83 Å². The van der Waals surface area contributed by atoms with E-state index >= 15 is 0 Å². The number of carbonyl (C=O) groups is 1. The molecule has 0 atom stereocenters. The molecule has 1 aliphatic rings. The van der Waals surface area contributed by atoms with Crippen molar-refractivity contribution in [2.45, 2.75) is 37.8 Å². The molecule has 9 nitrogen and oxygen atoms in total. The minimum absolute atomic E-state index is 0.0243. The van der Waals surface area contributed by atoms with Gasteiger partial charge in [-0.3, -0.25) is 14.9 Å². The molecule has 4 N–H and O–H groups in total. The number of rotatable bonds is 4. The average Bonchev–Trinajstić information content (AvgIpc) is 3.12. The van der Waals surface area contributed by atoms with Crippen LogP contribution in [0.1, 0.15) is 42.2 Å². The maximum absolute atomic E-state index is 12.7. The first-order chi connectivity index (χ1) is 14.3. The molecule has 0 spiro atoms. The molecule has 0 aliphatic heterocycles. The molecule has 2 aromatic heterocycles. The van der Waals surface area contributed by atoms with Crippen LogP contribution in [0.3, 0.4) is 0 Å². The summed E-state index contributed by atoms with van der Waals surface area (Å²) < 4.78 is 2.52. The van der Waals surface area contributed by atoms with Crippen molar-refractivity contribution in [2.24, 2.45) is 0 Å². The predicted molar refractivity (Wildman–Crippen MR) is 113 cm³/mol. The standard InChI is InChI=1S/C21H26N6O3/c1-25(2)19-11-16-13(12-26(24-16)14-6-8-15(28)9-7-14)10-17(19)23-21(29)18-4-3-5-20(22)27(18)30/h3-5,10-12,14-15,22,28,30H,6-9H2,1-2H3,(H,23,29). The molecule has 3 aromatic rings. The lowest BCUT2D eigenvalue weighted by atomic mass is 9.93. The number of aromatic nitrogens is 3. The Morgan fingerprint density at radius 2 is 1.97 bits per heavy atom. The summed E-state index contributed by atoms with van der Waals surface area (Å²) in [5.41, 5.74) is 2.00. The van der Waals surface area contributed by atoms with Gasteiger partial charge in [0.1, 0.15) is 5.69 Å². The molecule has 0 unspecified atom stereocenters. The first kappa shape index (κ1) is 20.0. The molecule has 0 radical (unpaired) electrons. The van der Waals surface area contributed by atoms with Crippen molar-refractivity contribution in [3.63, 3.8) is 0 Å². The fourth-order valence-electron chi connectivity index (χ4n) is 3.92. The Balaban J connectivity index is 1.68. The van der Waals surface area contributed by atoms with Gasteiger partial charge in [0.05, 0.1) is 29.0 Å². The highest BCUT2D eigenvalue weighted by Gasteiger charge is 2.22. The number of amides is 1. The van der Waals surface area contributed by atoms with Crippen LogP contribution >= 0.6 is 0 Å². The van der Waals surface area contributed by atoms with Crippen molar-refractivity contribution >= 4 is 28.2 Å². The third-order valence-corrected chi connectivity index (χ3v) is 5.61. The summed E-state index contributed by atoms with van der Waals surface area (Å²) >= 11 is 0. The van der Waals surface area contributed by atoms with Crippen LogP contribution in [0, 0.1) is 5.41 Å². The minimum Gasteiger partial charge on any atom is -0.426 e. The molecule has 1 aromatic carbocycles. The number of benzene rings is 1. The third kappa shape index (κ3) is 3.76. The molecule has 4 rings (SSSR count). The summed E-state index contributed by atoms with van der Waals surface area (Å²) in [5.74, 6) is -0.511. The highest BCUT2D eigenvalue weighted by atomic mass is 16.5. The molecule has 30 heavy (non-hydrogen) atoms. The largest absolute Gasteiger partial charge is 0.426 e. The molecule has 1 aliphatic carbocycles. The second-order valence-electron chi connectivity index (χ2n) is 7.96. The Bertz CT molecular complexity index is 1140. The van der Waals surface area contributed by atoms with Crippen LogP contribution in [0.25, 0.3) is 10.9 Å². The Hall–Kier alpha value is -3.33. The van der Waals surface area contributed by atoms with E-state index in [-0.39, 0.29) is 23.3 Å². The summed E-state index contributed by atoms with van der Waals surface area (Å²) in [4.78, 5) is 14.6. The predicted octanol–water partition coefficient (Wildman–Crippen LogP) is 2.35. The van der Waals surface area contributed by atoms with Gasteiger partial charge >= 0.3 is 0 Å². The Morgan fingerprint density at radius 1 is 1.23 bits per heavy atom. The van der Waals surface area contributed by atoms with Gasteiger partial charge in [-0.15, -0.1) is 0 Å². The van der Waals surface area contributed by atoms with Crippen LogP contribution in [0.2, 0.25) is 0 Å². The SMILES string of the molecule is CN(C)c1cc2nn(C3CCC(O)CC3)cc2cc1NC(=O)c1cccc(=N)n1O. The molecule has 9 heteroatoms. The number of pyridine rings is 1. The number of nitrogens with one attached hydrogen (secondary N) is 2. The lowest BCUT2D eigenvalue weighted by Gasteiger charge is -2.25. The zero-order chi connectivity index (χ0) is 21.4. The Morgan fingerprint density at radius 3 is 2.67 bits per heavy atom. The Kier molecular flexibility index (Phi) is 5.21. The van der Waals surface area contributed by atoms with Crippen LogP contribution < -0.4 is 15.7 Å². The second-order valence-corrected chi connectivity index (χ2v) is 7.96. The lowest BCUT2D eigenvalue weighted by Crippen LogP contribution is -2.26. The molecule has 1 amide bonds. The van der Waals surface area contributed by atoms with Crippen LogP contribution in [0.5, 0.6) is 0 Å². The fourth-order valence-corrected chi connectivity index (χ4v) is 3.92. The van der Waals surface area contributed by atoms with Gasteiger partial charge < -0.3 is 20.5 Å². The van der Waals surface area contributed by atoms with E-state index in [2.05, 4.69) is 5.32 Å². The number of aliphatic hydroxyl groups is 1. The summed E-state index contributed by atoms with van der Waals surface area (Å²) in [7, 11) is 3.76. The number of hydrogen-bond acceptors (Lipinski definition) is 6.